The van der Waals surface area contributed by atoms with E-state index in [1.165, 1.54) is 0 Å². The Labute approximate surface area is 80.8 Å². The van der Waals surface area contributed by atoms with Crippen molar-refractivity contribution < 1.29 is 9.84 Å². The lowest BCUT2D eigenvalue weighted by atomic mass is 10.2. The van der Waals surface area contributed by atoms with Crippen LogP contribution in [-0.2, 0) is 4.74 Å². The van der Waals surface area contributed by atoms with Crippen LogP contribution >= 0.6 is 0 Å². The first-order chi connectivity index (χ1) is 6.65. The van der Waals surface area contributed by atoms with Gasteiger partial charge in [-0.1, -0.05) is 0 Å². The molecule has 0 radical (unpaired) electrons. The van der Waals surface area contributed by atoms with Gasteiger partial charge in [-0.2, -0.15) is 4.98 Å². The van der Waals surface area contributed by atoms with E-state index in [-0.39, 0.29) is 23.6 Å². The van der Waals surface area contributed by atoms with Crippen molar-refractivity contribution in [3.63, 3.8) is 0 Å². The summed E-state index contributed by atoms with van der Waals surface area (Å²) in [4.78, 5) is 17.4. The molecule has 1 aromatic heterocycles. The first-order valence-electron chi connectivity index (χ1n) is 4.61. The summed E-state index contributed by atoms with van der Waals surface area (Å²) in [5.41, 5.74) is -0.351. The minimum atomic E-state index is -0.351. The van der Waals surface area contributed by atoms with E-state index in [0.717, 1.165) is 18.9 Å². The first kappa shape index (κ1) is 9.21. The summed E-state index contributed by atoms with van der Waals surface area (Å²) < 4.78 is 5.51. The molecule has 1 saturated heterocycles. The average molecular weight is 196 g/mol. The Morgan fingerprint density at radius 1 is 1.64 bits per heavy atom. The Morgan fingerprint density at radius 3 is 3.00 bits per heavy atom. The number of hydrogen-bond acceptors (Lipinski definition) is 4. The van der Waals surface area contributed by atoms with E-state index >= 15 is 0 Å². The molecule has 2 atom stereocenters. The van der Waals surface area contributed by atoms with Crippen molar-refractivity contribution in [3.05, 3.63) is 22.2 Å². The summed E-state index contributed by atoms with van der Waals surface area (Å²) in [5.74, 6) is 0.159. The maximum Gasteiger partial charge on any atom is 0.254 e. The zero-order valence-electron chi connectivity index (χ0n) is 7.86. The predicted molar refractivity (Wildman–Crippen MR) is 49.0 cm³/mol. The molecule has 1 aliphatic rings. The van der Waals surface area contributed by atoms with Crippen molar-refractivity contribution in [1.29, 1.82) is 0 Å². The number of nitrogens with zero attached hydrogens (tertiary/aromatic N) is 1. The molecule has 14 heavy (non-hydrogen) atoms. The average Bonchev–Trinajstić information content (AvgIpc) is 2.50. The Kier molecular flexibility index (Phi) is 2.25. The molecule has 5 heteroatoms. The third kappa shape index (κ3) is 1.77. The number of aromatic hydroxyl groups is 1. The molecule has 0 spiro atoms. The number of aromatic nitrogens is 2. The summed E-state index contributed by atoms with van der Waals surface area (Å²) in [6.45, 7) is 1.97. The maximum absolute atomic E-state index is 11.0. The smallest absolute Gasteiger partial charge is 0.254 e. The van der Waals surface area contributed by atoms with Gasteiger partial charge in [-0.3, -0.25) is 4.79 Å². The van der Waals surface area contributed by atoms with E-state index in [1.807, 2.05) is 6.92 Å². The SMILES string of the molecule is CC1CCC(c2nc(O)cc(=O)[nH]2)O1. The molecule has 1 aromatic rings. The highest BCUT2D eigenvalue weighted by Crippen LogP contribution is 2.30. The van der Waals surface area contributed by atoms with Gasteiger partial charge in [0.2, 0.25) is 5.88 Å². The molecule has 2 unspecified atom stereocenters. The van der Waals surface area contributed by atoms with Crippen LogP contribution in [-0.4, -0.2) is 21.2 Å². The van der Waals surface area contributed by atoms with E-state index in [9.17, 15) is 4.79 Å². The highest BCUT2D eigenvalue weighted by atomic mass is 16.5. The standard InChI is InChI=1S/C9H12N2O3/c1-5-2-3-6(14-5)9-10-7(12)4-8(13)11-9/h4-6H,2-3H2,1H3,(H2,10,11,12,13). The predicted octanol–water partition coefficient (Wildman–Crippen LogP) is 0.715. The Bertz CT molecular complexity index is 388. The quantitative estimate of drug-likeness (QED) is 0.693. The van der Waals surface area contributed by atoms with Gasteiger partial charge in [-0.25, -0.2) is 0 Å². The fourth-order valence-corrected chi connectivity index (χ4v) is 1.62. The minimum Gasteiger partial charge on any atom is -0.493 e. The van der Waals surface area contributed by atoms with Crippen LogP contribution in [0.2, 0.25) is 0 Å². The summed E-state index contributed by atoms with van der Waals surface area (Å²) in [5, 5.41) is 9.13. The molecule has 2 rings (SSSR count). The highest BCUT2D eigenvalue weighted by Gasteiger charge is 2.25. The minimum absolute atomic E-state index is 0.188. The van der Waals surface area contributed by atoms with Crippen LogP contribution in [0.3, 0.4) is 0 Å². The molecule has 0 aromatic carbocycles. The van der Waals surface area contributed by atoms with E-state index in [1.54, 1.807) is 0 Å². The summed E-state index contributed by atoms with van der Waals surface area (Å²) >= 11 is 0. The number of rotatable bonds is 1. The fourth-order valence-electron chi connectivity index (χ4n) is 1.62. The van der Waals surface area contributed by atoms with Gasteiger partial charge in [0.05, 0.1) is 12.2 Å². The molecule has 76 valence electrons. The number of ether oxygens (including phenoxy) is 1. The van der Waals surface area contributed by atoms with Crippen molar-refractivity contribution >= 4 is 0 Å². The Balaban J connectivity index is 2.28. The molecular formula is C9H12N2O3. The number of nitrogens with one attached hydrogen (secondary N) is 1. The molecule has 1 aliphatic heterocycles. The summed E-state index contributed by atoms with van der Waals surface area (Å²) in [7, 11) is 0. The van der Waals surface area contributed by atoms with E-state index < -0.39 is 0 Å². The largest absolute Gasteiger partial charge is 0.493 e. The molecule has 0 aliphatic carbocycles. The van der Waals surface area contributed by atoms with E-state index in [0.29, 0.717) is 5.82 Å². The van der Waals surface area contributed by atoms with Gasteiger partial charge in [-0.15, -0.1) is 0 Å². The van der Waals surface area contributed by atoms with Gasteiger partial charge >= 0.3 is 0 Å². The van der Waals surface area contributed by atoms with Crippen LogP contribution in [0.25, 0.3) is 0 Å². The van der Waals surface area contributed by atoms with Crippen molar-refractivity contribution in [2.45, 2.75) is 32.0 Å². The van der Waals surface area contributed by atoms with Gasteiger partial charge in [0.25, 0.3) is 5.56 Å². The molecule has 0 bridgehead atoms. The van der Waals surface area contributed by atoms with Crippen molar-refractivity contribution in [2.75, 3.05) is 0 Å². The van der Waals surface area contributed by atoms with Gasteiger partial charge in [0, 0.05) is 0 Å². The van der Waals surface area contributed by atoms with Crippen LogP contribution in [0.4, 0.5) is 0 Å². The molecule has 2 heterocycles. The molecular weight excluding hydrogens is 184 g/mol. The van der Waals surface area contributed by atoms with Crippen LogP contribution in [0, 0.1) is 0 Å². The van der Waals surface area contributed by atoms with Gasteiger partial charge in [-0.05, 0) is 19.8 Å². The van der Waals surface area contributed by atoms with Crippen molar-refractivity contribution in [1.82, 2.24) is 9.97 Å². The molecule has 0 amide bonds. The second-order valence-electron chi connectivity index (χ2n) is 3.50. The molecule has 0 saturated carbocycles. The van der Waals surface area contributed by atoms with Crippen molar-refractivity contribution in [2.24, 2.45) is 0 Å². The van der Waals surface area contributed by atoms with Crippen molar-refractivity contribution in [3.8, 4) is 5.88 Å². The fraction of sp³-hybridized carbons (Fsp3) is 0.556. The normalized spacial score (nSPS) is 26.6. The second-order valence-corrected chi connectivity index (χ2v) is 3.50. The zero-order valence-corrected chi connectivity index (χ0v) is 7.86. The van der Waals surface area contributed by atoms with Gasteiger partial charge < -0.3 is 14.8 Å². The van der Waals surface area contributed by atoms with E-state index in [4.69, 9.17) is 9.84 Å². The third-order valence-electron chi connectivity index (χ3n) is 2.28. The lowest BCUT2D eigenvalue weighted by Gasteiger charge is -2.09. The molecule has 5 nitrogen and oxygen atoms in total. The Morgan fingerprint density at radius 2 is 2.43 bits per heavy atom. The van der Waals surface area contributed by atoms with Gasteiger partial charge in [0.15, 0.2) is 0 Å². The lowest BCUT2D eigenvalue weighted by Crippen LogP contribution is -2.13. The zero-order chi connectivity index (χ0) is 10.1. The lowest BCUT2D eigenvalue weighted by molar-refractivity contribution is 0.0497. The van der Waals surface area contributed by atoms with Crippen LogP contribution < -0.4 is 5.56 Å². The highest BCUT2D eigenvalue weighted by molar-refractivity contribution is 5.08. The topological polar surface area (TPSA) is 75.2 Å². The molecule has 1 fully saturated rings. The third-order valence-corrected chi connectivity index (χ3v) is 2.28. The summed E-state index contributed by atoms with van der Waals surface area (Å²) in [6, 6.07) is 1.04. The molecule has 2 N–H and O–H groups in total. The number of hydrogen-bond donors (Lipinski definition) is 2. The van der Waals surface area contributed by atoms with Crippen LogP contribution in [0.1, 0.15) is 31.7 Å². The van der Waals surface area contributed by atoms with Gasteiger partial charge in [0.1, 0.15) is 11.9 Å². The number of H-pyrrole nitrogens is 1. The Hall–Kier alpha value is -1.36. The maximum atomic E-state index is 11.0. The van der Waals surface area contributed by atoms with Crippen LogP contribution in [0.15, 0.2) is 10.9 Å². The van der Waals surface area contributed by atoms with Crippen LogP contribution in [0.5, 0.6) is 5.88 Å². The number of aromatic amines is 1. The summed E-state index contributed by atoms with van der Waals surface area (Å²) in [6.07, 6.45) is 1.77. The van der Waals surface area contributed by atoms with E-state index in [2.05, 4.69) is 9.97 Å². The first-order valence-corrected chi connectivity index (χ1v) is 4.61. The monoisotopic (exact) mass is 196 g/mol. The second kappa shape index (κ2) is 3.42.